The number of halogens is 1. The number of carbonyl (C=O) groups excluding carboxylic acids is 1. The summed E-state index contributed by atoms with van der Waals surface area (Å²) in [6.07, 6.45) is 0. The molecule has 136 valence electrons. The lowest BCUT2D eigenvalue weighted by Gasteiger charge is -2.24. The zero-order chi connectivity index (χ0) is 19.1. The number of amides is 1. The summed E-state index contributed by atoms with van der Waals surface area (Å²) in [5, 5.41) is 6.41. The van der Waals surface area contributed by atoms with Gasteiger partial charge < -0.3 is 9.32 Å². The van der Waals surface area contributed by atoms with E-state index in [2.05, 4.69) is 0 Å². The number of sulfonamides is 1. The van der Waals surface area contributed by atoms with Crippen LogP contribution in [-0.2, 0) is 10.0 Å². The Morgan fingerprint density at radius 1 is 1.15 bits per heavy atom. The maximum Gasteiger partial charge on any atom is 0.289 e. The van der Waals surface area contributed by atoms with Crippen LogP contribution in [0.25, 0.3) is 11.0 Å². The number of furan rings is 1. The number of nitrogens with two attached hydrogens (primary N) is 1. The predicted octanol–water partition coefficient (Wildman–Crippen LogP) is 3.57. The first-order valence-electron chi connectivity index (χ1n) is 7.76. The van der Waals surface area contributed by atoms with E-state index in [-0.39, 0.29) is 22.6 Å². The Morgan fingerprint density at radius 2 is 1.81 bits per heavy atom. The van der Waals surface area contributed by atoms with E-state index in [1.165, 1.54) is 17.0 Å². The van der Waals surface area contributed by atoms with Gasteiger partial charge in [-0.15, -0.1) is 0 Å². The van der Waals surface area contributed by atoms with Crippen LogP contribution in [0.15, 0.2) is 57.8 Å². The van der Waals surface area contributed by atoms with Gasteiger partial charge in [0.15, 0.2) is 5.76 Å². The van der Waals surface area contributed by atoms with Crippen molar-refractivity contribution in [1.82, 2.24) is 4.90 Å². The minimum Gasteiger partial charge on any atom is -0.451 e. The lowest BCUT2D eigenvalue weighted by atomic mass is 10.1. The number of carbonyl (C=O) groups is 1. The highest BCUT2D eigenvalue weighted by Gasteiger charge is 2.22. The standard InChI is InChI=1S/C18H17ClN2O4S/c1-11(12-3-6-15(7-4-12)26(20,23)24)21(2)18(22)17-10-13-9-14(19)5-8-16(13)25-17/h3-11H,1-2H3,(H2,20,23,24)/t11-/m0/s1. The van der Waals surface area contributed by atoms with Gasteiger partial charge in [-0.1, -0.05) is 23.7 Å². The summed E-state index contributed by atoms with van der Waals surface area (Å²) >= 11 is 5.96. The van der Waals surface area contributed by atoms with Gasteiger partial charge in [0.1, 0.15) is 5.58 Å². The van der Waals surface area contributed by atoms with Crippen LogP contribution in [0.2, 0.25) is 5.02 Å². The average Bonchev–Trinajstić information content (AvgIpc) is 3.02. The summed E-state index contributed by atoms with van der Waals surface area (Å²) in [6.45, 7) is 1.84. The molecule has 8 heteroatoms. The molecule has 0 aliphatic rings. The highest BCUT2D eigenvalue weighted by molar-refractivity contribution is 7.89. The third kappa shape index (κ3) is 3.60. The molecule has 0 unspecified atom stereocenters. The Balaban J connectivity index is 1.84. The quantitative estimate of drug-likeness (QED) is 0.734. The van der Waals surface area contributed by atoms with Crippen LogP contribution in [0.5, 0.6) is 0 Å². The molecule has 2 N–H and O–H groups in total. The fourth-order valence-corrected chi connectivity index (χ4v) is 3.32. The molecule has 2 aromatic carbocycles. The third-order valence-electron chi connectivity index (χ3n) is 4.28. The number of rotatable bonds is 4. The van der Waals surface area contributed by atoms with E-state index in [9.17, 15) is 13.2 Å². The Kier molecular flexibility index (Phi) is 4.79. The number of hydrogen-bond donors (Lipinski definition) is 1. The van der Waals surface area contributed by atoms with Crippen LogP contribution in [0.4, 0.5) is 0 Å². The van der Waals surface area contributed by atoms with E-state index in [0.717, 1.165) is 10.9 Å². The molecule has 1 aromatic heterocycles. The molecule has 1 heterocycles. The smallest absolute Gasteiger partial charge is 0.289 e. The molecule has 3 aromatic rings. The highest BCUT2D eigenvalue weighted by Crippen LogP contribution is 2.26. The molecule has 0 saturated heterocycles. The van der Waals surface area contributed by atoms with Crippen molar-refractivity contribution in [3.05, 3.63) is 64.9 Å². The molecular formula is C18H17ClN2O4S. The second kappa shape index (κ2) is 6.75. The first kappa shape index (κ1) is 18.4. The van der Waals surface area contributed by atoms with Crippen molar-refractivity contribution in [2.75, 3.05) is 7.05 Å². The second-order valence-corrected chi connectivity index (χ2v) is 8.00. The van der Waals surface area contributed by atoms with Crippen molar-refractivity contribution in [1.29, 1.82) is 0 Å². The topological polar surface area (TPSA) is 93.6 Å². The first-order chi connectivity index (χ1) is 12.2. The summed E-state index contributed by atoms with van der Waals surface area (Å²) in [5.74, 6) is -0.0851. The van der Waals surface area contributed by atoms with Crippen LogP contribution in [0.1, 0.15) is 29.1 Å². The van der Waals surface area contributed by atoms with Crippen LogP contribution >= 0.6 is 11.6 Å². The van der Waals surface area contributed by atoms with Crippen LogP contribution < -0.4 is 5.14 Å². The predicted molar refractivity (Wildman–Crippen MR) is 99.5 cm³/mol. The molecule has 1 amide bonds. The van der Waals surface area contributed by atoms with Crippen molar-refractivity contribution in [3.8, 4) is 0 Å². The molecule has 26 heavy (non-hydrogen) atoms. The number of benzene rings is 2. The maximum atomic E-state index is 12.7. The number of hydrogen-bond acceptors (Lipinski definition) is 4. The number of fused-ring (bicyclic) bond motifs is 1. The van der Waals surface area contributed by atoms with Crippen molar-refractivity contribution in [2.24, 2.45) is 5.14 Å². The van der Waals surface area contributed by atoms with E-state index in [4.69, 9.17) is 21.2 Å². The van der Waals surface area contributed by atoms with Gasteiger partial charge in [-0.2, -0.15) is 0 Å². The molecule has 0 spiro atoms. The van der Waals surface area contributed by atoms with Gasteiger partial charge in [-0.3, -0.25) is 4.79 Å². The van der Waals surface area contributed by atoms with Crippen molar-refractivity contribution in [3.63, 3.8) is 0 Å². The minimum absolute atomic E-state index is 0.0246. The molecule has 0 aliphatic heterocycles. The normalized spacial score (nSPS) is 12.9. The van der Waals surface area contributed by atoms with Gasteiger partial charge in [0, 0.05) is 17.5 Å². The monoisotopic (exact) mass is 392 g/mol. The number of primary sulfonamides is 1. The van der Waals surface area contributed by atoms with Gasteiger partial charge in [0.05, 0.1) is 10.9 Å². The Labute approximate surface area is 156 Å². The van der Waals surface area contributed by atoms with Crippen molar-refractivity contribution < 1.29 is 17.6 Å². The summed E-state index contributed by atoms with van der Waals surface area (Å²) in [7, 11) is -2.10. The summed E-state index contributed by atoms with van der Waals surface area (Å²) in [6, 6.07) is 12.6. The largest absolute Gasteiger partial charge is 0.451 e. The SMILES string of the molecule is C[C@@H](c1ccc(S(N)(=O)=O)cc1)N(C)C(=O)c1cc2cc(Cl)ccc2o1. The molecular weight excluding hydrogens is 376 g/mol. The van der Waals surface area contributed by atoms with Crippen molar-refractivity contribution >= 4 is 38.5 Å². The van der Waals surface area contributed by atoms with Gasteiger partial charge in [-0.05, 0) is 48.9 Å². The lowest BCUT2D eigenvalue weighted by Crippen LogP contribution is -2.29. The molecule has 3 rings (SSSR count). The van der Waals surface area contributed by atoms with E-state index >= 15 is 0 Å². The minimum atomic E-state index is -3.75. The lowest BCUT2D eigenvalue weighted by molar-refractivity contribution is 0.0713. The van der Waals surface area contributed by atoms with Crippen molar-refractivity contribution in [2.45, 2.75) is 17.9 Å². The zero-order valence-corrected chi connectivity index (χ0v) is 15.7. The Bertz CT molecular complexity index is 1070. The third-order valence-corrected chi connectivity index (χ3v) is 5.45. The average molecular weight is 393 g/mol. The zero-order valence-electron chi connectivity index (χ0n) is 14.1. The summed E-state index contributed by atoms with van der Waals surface area (Å²) in [4.78, 5) is 14.3. The van der Waals surface area contributed by atoms with Crippen LogP contribution in [-0.4, -0.2) is 26.3 Å². The van der Waals surface area contributed by atoms with Crippen LogP contribution in [0, 0.1) is 0 Å². The molecule has 1 atom stereocenters. The molecule has 0 radical (unpaired) electrons. The van der Waals surface area contributed by atoms with Gasteiger partial charge >= 0.3 is 0 Å². The summed E-state index contributed by atoms with van der Waals surface area (Å²) in [5.41, 5.74) is 1.35. The fourth-order valence-electron chi connectivity index (χ4n) is 2.63. The molecule has 0 saturated carbocycles. The van der Waals surface area contributed by atoms with E-state index in [1.54, 1.807) is 43.4 Å². The maximum absolute atomic E-state index is 12.7. The molecule has 0 fully saturated rings. The summed E-state index contributed by atoms with van der Waals surface area (Å²) < 4.78 is 28.3. The number of nitrogens with zero attached hydrogens (tertiary/aromatic N) is 1. The fraction of sp³-hybridized carbons (Fsp3) is 0.167. The van der Waals surface area contributed by atoms with Gasteiger partial charge in [0.25, 0.3) is 5.91 Å². The Morgan fingerprint density at radius 3 is 2.42 bits per heavy atom. The Hall–Kier alpha value is -2.35. The highest BCUT2D eigenvalue weighted by atomic mass is 35.5. The van der Waals surface area contributed by atoms with E-state index in [1.807, 2.05) is 6.92 Å². The second-order valence-electron chi connectivity index (χ2n) is 6.00. The first-order valence-corrected chi connectivity index (χ1v) is 9.68. The molecule has 0 bridgehead atoms. The van der Waals surface area contributed by atoms with Crippen LogP contribution in [0.3, 0.4) is 0 Å². The van der Waals surface area contributed by atoms with Gasteiger partial charge in [-0.25, -0.2) is 13.6 Å². The van der Waals surface area contributed by atoms with E-state index < -0.39 is 10.0 Å². The van der Waals surface area contributed by atoms with E-state index in [0.29, 0.717) is 10.6 Å². The van der Waals surface area contributed by atoms with Gasteiger partial charge in [0.2, 0.25) is 10.0 Å². The molecule has 0 aliphatic carbocycles. The molecule has 6 nitrogen and oxygen atoms in total.